The summed E-state index contributed by atoms with van der Waals surface area (Å²) in [4.78, 5) is 0. The Bertz CT molecular complexity index is 468. The molecule has 2 nitrogen and oxygen atoms in total. The van der Waals surface area contributed by atoms with Crippen LogP contribution in [0.3, 0.4) is 0 Å². The molecule has 2 rings (SSSR count). The van der Waals surface area contributed by atoms with Gasteiger partial charge in [0.25, 0.3) is 0 Å². The third kappa shape index (κ3) is 3.00. The molecule has 4 heteroatoms. The highest BCUT2D eigenvalue weighted by molar-refractivity contribution is 9.10. The molecule has 1 aromatic heterocycles. The van der Waals surface area contributed by atoms with E-state index >= 15 is 0 Å². The maximum absolute atomic E-state index is 3.44. The Labute approximate surface area is 108 Å². The molecule has 1 aromatic carbocycles. The van der Waals surface area contributed by atoms with E-state index in [4.69, 9.17) is 0 Å². The van der Waals surface area contributed by atoms with Gasteiger partial charge in [-0.2, -0.15) is 0 Å². The van der Waals surface area contributed by atoms with Gasteiger partial charge in [-0.25, -0.2) is 0 Å². The van der Waals surface area contributed by atoms with Crippen LogP contribution in [-0.4, -0.2) is 7.05 Å². The van der Waals surface area contributed by atoms with E-state index in [1.54, 1.807) is 11.3 Å². The second-order valence-corrected chi connectivity index (χ2v) is 5.26. The molecule has 0 amide bonds. The van der Waals surface area contributed by atoms with Gasteiger partial charge in [-0.15, -0.1) is 11.3 Å². The highest BCUT2D eigenvalue weighted by atomic mass is 79.9. The summed E-state index contributed by atoms with van der Waals surface area (Å²) >= 11 is 5.15. The SMILES string of the molecule is CNc1cccc(CNc2cc(Br)cs2)c1. The monoisotopic (exact) mass is 296 g/mol. The number of rotatable bonds is 4. The molecule has 0 bridgehead atoms. The molecule has 0 saturated carbocycles. The summed E-state index contributed by atoms with van der Waals surface area (Å²) in [5.74, 6) is 0. The van der Waals surface area contributed by atoms with Crippen LogP contribution in [0.25, 0.3) is 0 Å². The first-order valence-electron chi connectivity index (χ1n) is 5.02. The van der Waals surface area contributed by atoms with Gasteiger partial charge in [0.1, 0.15) is 0 Å². The van der Waals surface area contributed by atoms with E-state index in [1.165, 1.54) is 10.6 Å². The smallest absolute Gasteiger partial charge is 0.0896 e. The molecule has 0 aliphatic heterocycles. The van der Waals surface area contributed by atoms with E-state index in [2.05, 4.69) is 62.3 Å². The quantitative estimate of drug-likeness (QED) is 0.885. The highest BCUT2D eigenvalue weighted by Gasteiger charge is 1.98. The van der Waals surface area contributed by atoms with Gasteiger partial charge in [-0.1, -0.05) is 12.1 Å². The molecule has 0 unspecified atom stereocenters. The van der Waals surface area contributed by atoms with E-state index in [9.17, 15) is 0 Å². The van der Waals surface area contributed by atoms with Crippen molar-refractivity contribution in [3.05, 3.63) is 45.7 Å². The van der Waals surface area contributed by atoms with Crippen molar-refractivity contribution in [2.24, 2.45) is 0 Å². The topological polar surface area (TPSA) is 24.1 Å². The van der Waals surface area contributed by atoms with Crippen molar-refractivity contribution in [3.63, 3.8) is 0 Å². The average molecular weight is 297 g/mol. The van der Waals surface area contributed by atoms with Gasteiger partial charge in [-0.05, 0) is 39.7 Å². The first-order chi connectivity index (χ1) is 7.78. The number of benzene rings is 1. The van der Waals surface area contributed by atoms with Crippen LogP contribution < -0.4 is 10.6 Å². The van der Waals surface area contributed by atoms with Crippen molar-refractivity contribution >= 4 is 38.0 Å². The molecule has 16 heavy (non-hydrogen) atoms. The Balaban J connectivity index is 1.99. The zero-order valence-electron chi connectivity index (χ0n) is 8.96. The normalized spacial score (nSPS) is 10.1. The van der Waals surface area contributed by atoms with E-state index in [-0.39, 0.29) is 0 Å². The molecule has 0 fully saturated rings. The summed E-state index contributed by atoms with van der Waals surface area (Å²) in [7, 11) is 1.93. The third-order valence-electron chi connectivity index (χ3n) is 2.25. The lowest BCUT2D eigenvalue weighted by Gasteiger charge is -2.06. The molecule has 0 saturated heterocycles. The van der Waals surface area contributed by atoms with Crippen molar-refractivity contribution in [2.45, 2.75) is 6.54 Å². The number of anilines is 2. The lowest BCUT2D eigenvalue weighted by molar-refractivity contribution is 1.16. The average Bonchev–Trinajstić information content (AvgIpc) is 2.73. The summed E-state index contributed by atoms with van der Waals surface area (Å²) in [6, 6.07) is 10.5. The summed E-state index contributed by atoms with van der Waals surface area (Å²) in [6.07, 6.45) is 0. The zero-order chi connectivity index (χ0) is 11.4. The van der Waals surface area contributed by atoms with Crippen LogP contribution in [0.1, 0.15) is 5.56 Å². The minimum absolute atomic E-state index is 0.850. The summed E-state index contributed by atoms with van der Waals surface area (Å²) in [6.45, 7) is 0.850. The molecule has 0 atom stereocenters. The van der Waals surface area contributed by atoms with Gasteiger partial charge in [0.05, 0.1) is 5.00 Å². The van der Waals surface area contributed by atoms with Gasteiger partial charge in [-0.3, -0.25) is 0 Å². The number of hydrogen-bond donors (Lipinski definition) is 2. The first-order valence-corrected chi connectivity index (χ1v) is 6.70. The Morgan fingerprint density at radius 3 is 2.88 bits per heavy atom. The minimum atomic E-state index is 0.850. The molecular formula is C12H13BrN2S. The molecular weight excluding hydrogens is 284 g/mol. The molecule has 0 radical (unpaired) electrons. The van der Waals surface area contributed by atoms with E-state index in [1.807, 2.05) is 7.05 Å². The van der Waals surface area contributed by atoms with Crippen molar-refractivity contribution < 1.29 is 0 Å². The van der Waals surface area contributed by atoms with Crippen molar-refractivity contribution in [1.82, 2.24) is 0 Å². The fraction of sp³-hybridized carbons (Fsp3) is 0.167. The molecule has 1 heterocycles. The number of nitrogens with one attached hydrogen (secondary N) is 2. The highest BCUT2D eigenvalue weighted by Crippen LogP contribution is 2.25. The largest absolute Gasteiger partial charge is 0.388 e. The first kappa shape index (κ1) is 11.5. The van der Waals surface area contributed by atoms with E-state index in [0.717, 1.165) is 16.7 Å². The van der Waals surface area contributed by atoms with Crippen molar-refractivity contribution in [2.75, 3.05) is 17.7 Å². The maximum Gasteiger partial charge on any atom is 0.0896 e. The standard InChI is InChI=1S/C12H13BrN2S/c1-14-11-4-2-3-9(5-11)7-15-12-6-10(13)8-16-12/h2-6,8,14-15H,7H2,1H3. The van der Waals surface area contributed by atoms with Crippen LogP contribution in [0.15, 0.2) is 40.2 Å². The summed E-state index contributed by atoms with van der Waals surface area (Å²) in [5, 5.41) is 9.79. The van der Waals surface area contributed by atoms with E-state index in [0.29, 0.717) is 0 Å². The van der Waals surface area contributed by atoms with Crippen LogP contribution >= 0.6 is 27.3 Å². The minimum Gasteiger partial charge on any atom is -0.388 e. The van der Waals surface area contributed by atoms with Crippen LogP contribution in [0.5, 0.6) is 0 Å². The van der Waals surface area contributed by atoms with Crippen molar-refractivity contribution in [1.29, 1.82) is 0 Å². The number of thiophene rings is 1. The predicted molar refractivity (Wildman–Crippen MR) is 75.3 cm³/mol. The lowest BCUT2D eigenvalue weighted by Crippen LogP contribution is -1.98. The van der Waals surface area contributed by atoms with Crippen LogP contribution in [0.2, 0.25) is 0 Å². The van der Waals surface area contributed by atoms with Gasteiger partial charge in [0.15, 0.2) is 0 Å². The van der Waals surface area contributed by atoms with Gasteiger partial charge < -0.3 is 10.6 Å². The molecule has 2 N–H and O–H groups in total. The fourth-order valence-corrected chi connectivity index (χ4v) is 2.75. The van der Waals surface area contributed by atoms with Crippen LogP contribution in [-0.2, 0) is 6.54 Å². The van der Waals surface area contributed by atoms with Crippen LogP contribution in [0.4, 0.5) is 10.7 Å². The van der Waals surface area contributed by atoms with E-state index < -0.39 is 0 Å². The predicted octanol–water partition coefficient (Wildman–Crippen LogP) is 4.16. The summed E-state index contributed by atoms with van der Waals surface area (Å²) < 4.78 is 1.13. The second-order valence-electron chi connectivity index (χ2n) is 3.43. The zero-order valence-corrected chi connectivity index (χ0v) is 11.4. The van der Waals surface area contributed by atoms with Crippen LogP contribution in [0, 0.1) is 0 Å². The Hall–Kier alpha value is -1.000. The third-order valence-corrected chi connectivity index (χ3v) is 3.90. The van der Waals surface area contributed by atoms with Gasteiger partial charge in [0.2, 0.25) is 0 Å². The number of hydrogen-bond acceptors (Lipinski definition) is 3. The molecule has 84 valence electrons. The number of halogens is 1. The van der Waals surface area contributed by atoms with Gasteiger partial charge >= 0.3 is 0 Å². The Kier molecular flexibility index (Phi) is 3.85. The molecule has 0 aliphatic carbocycles. The molecule has 2 aromatic rings. The molecule has 0 spiro atoms. The second kappa shape index (κ2) is 5.37. The van der Waals surface area contributed by atoms with Crippen molar-refractivity contribution in [3.8, 4) is 0 Å². The summed E-state index contributed by atoms with van der Waals surface area (Å²) in [5.41, 5.74) is 2.42. The molecule has 0 aliphatic rings. The van der Waals surface area contributed by atoms with Gasteiger partial charge in [0, 0.05) is 29.1 Å². The maximum atomic E-state index is 3.44. The Morgan fingerprint density at radius 2 is 2.19 bits per heavy atom. The lowest BCUT2D eigenvalue weighted by atomic mass is 10.2. The fourth-order valence-electron chi connectivity index (χ4n) is 1.43. The Morgan fingerprint density at radius 1 is 1.31 bits per heavy atom.